The van der Waals surface area contributed by atoms with Crippen molar-refractivity contribution in [2.24, 2.45) is 9.98 Å². The van der Waals surface area contributed by atoms with Crippen molar-refractivity contribution >= 4 is 21.6 Å². The Morgan fingerprint density at radius 3 is 2.47 bits per heavy atom. The average Bonchev–Trinajstić information content (AvgIpc) is 2.75. The number of hydrogen-bond acceptors (Lipinski definition) is 7. The van der Waals surface area contributed by atoms with E-state index in [0.717, 1.165) is 25.7 Å². The zero-order chi connectivity index (χ0) is 23.0. The zero-order valence-corrected chi connectivity index (χ0v) is 20.6. The van der Waals surface area contributed by atoms with Crippen LogP contribution in [0.25, 0.3) is 0 Å². The summed E-state index contributed by atoms with van der Waals surface area (Å²) in [6.45, 7) is 3.31. The molecule has 3 rings (SSSR count). The van der Waals surface area contributed by atoms with E-state index in [9.17, 15) is 15.0 Å². The number of phenolic OH excluding ortho intramolecular Hbond substituents is 1. The number of aryl methyl sites for hydroxylation is 1. The minimum absolute atomic E-state index is 0. The van der Waals surface area contributed by atoms with Crippen LogP contribution in [0.1, 0.15) is 49.5 Å². The van der Waals surface area contributed by atoms with Gasteiger partial charge in [0.2, 0.25) is 0 Å². The van der Waals surface area contributed by atoms with E-state index in [2.05, 4.69) is 14.7 Å². The molecule has 1 aliphatic rings. The van der Waals surface area contributed by atoms with Crippen LogP contribution < -0.4 is 10.4 Å². The van der Waals surface area contributed by atoms with Gasteiger partial charge in [-0.1, -0.05) is 12.8 Å². The van der Waals surface area contributed by atoms with Gasteiger partial charge in [0.15, 0.2) is 0 Å². The van der Waals surface area contributed by atoms with Gasteiger partial charge in [-0.05, 0) is 44.9 Å². The van der Waals surface area contributed by atoms with Gasteiger partial charge in [0.25, 0.3) is 0 Å². The summed E-state index contributed by atoms with van der Waals surface area (Å²) in [6, 6.07) is 6.19. The van der Waals surface area contributed by atoms with Crippen LogP contribution in [0.15, 0.2) is 43.5 Å². The van der Waals surface area contributed by atoms with Crippen LogP contribution >= 0.6 is 9.69 Å². The second-order valence-corrected chi connectivity index (χ2v) is 7.24. The van der Waals surface area contributed by atoms with Crippen LogP contribution in [-0.2, 0) is 17.3 Å². The topological polar surface area (TPSA) is 136 Å². The second-order valence-electron chi connectivity index (χ2n) is 7.24. The fourth-order valence-electron chi connectivity index (χ4n) is 3.60. The number of benzene rings is 1. The van der Waals surface area contributed by atoms with Crippen molar-refractivity contribution in [3.05, 3.63) is 51.6 Å². The Morgan fingerprint density at radius 2 is 1.84 bits per heavy atom. The summed E-state index contributed by atoms with van der Waals surface area (Å²) in [5.41, 5.74) is 0.508. The third kappa shape index (κ3) is 7.15. The first-order valence-corrected chi connectivity index (χ1v) is 12.0. The van der Waals surface area contributed by atoms with Crippen molar-refractivity contribution in [1.29, 1.82) is 0 Å². The van der Waals surface area contributed by atoms with Crippen molar-refractivity contribution in [2.45, 2.75) is 51.6 Å². The van der Waals surface area contributed by atoms with Crippen LogP contribution in [-0.4, -0.2) is 46.8 Å². The Labute approximate surface area is 201 Å². The van der Waals surface area contributed by atoms with E-state index in [0.29, 0.717) is 22.8 Å². The molecule has 0 spiro atoms. The predicted molar refractivity (Wildman–Crippen MR) is 121 cm³/mol. The van der Waals surface area contributed by atoms with Gasteiger partial charge in [-0.2, -0.15) is 0 Å². The number of rotatable bonds is 5. The summed E-state index contributed by atoms with van der Waals surface area (Å²) < 4.78 is 10.3. The van der Waals surface area contributed by atoms with Crippen LogP contribution in [0.5, 0.6) is 17.2 Å². The molecular weight excluding hydrogens is 525 g/mol. The molecule has 0 aliphatic heterocycles. The average molecular weight is 553 g/mol. The van der Waals surface area contributed by atoms with Gasteiger partial charge < -0.3 is 24.8 Å². The molecule has 0 saturated heterocycles. The Hall–Kier alpha value is -2.22. The molecule has 32 heavy (non-hydrogen) atoms. The summed E-state index contributed by atoms with van der Waals surface area (Å²) in [5, 5.41) is 20.2. The Balaban J connectivity index is 0.00000166. The first kappa shape index (κ1) is 27.8. The van der Waals surface area contributed by atoms with Crippen molar-refractivity contribution in [1.82, 2.24) is 0 Å². The standard InChI is InChI=1S/C22H26N2O5.ClH.H2O.Ru/c1-13-10-20(26)21(22(27)29-13)14(2)24-18-7-5-4-6-17(18)23-12-15-11-16(28-3)8-9-19(15)25;;;/h8-12,17-18,25-26H,4-7H2,1-3H3;1H;1H2;/q;;;+1/p-1/t17-,18-;;;/m1.../s1. The molecular formula is C22H28ClN2O6Ru. The van der Waals surface area contributed by atoms with Gasteiger partial charge in [0.05, 0.1) is 24.9 Å². The summed E-state index contributed by atoms with van der Waals surface area (Å²) >= 11 is 1.82. The monoisotopic (exact) mass is 553 g/mol. The summed E-state index contributed by atoms with van der Waals surface area (Å²) in [5.74, 6) is 0.989. The SMILES string of the molecule is COc1ccc(O)c(C=N[C@@H]2CCCC[C@H]2N=C(C)c2c(O)cc(C)oc2=O)c1.O.[Cl][Ru]. The Morgan fingerprint density at radius 1 is 1.19 bits per heavy atom. The van der Waals surface area contributed by atoms with Gasteiger partial charge in [0.1, 0.15) is 28.6 Å². The molecule has 1 fully saturated rings. The number of ether oxygens (including phenoxy) is 1. The van der Waals surface area contributed by atoms with E-state index >= 15 is 0 Å². The number of nitrogens with zero attached hydrogens (tertiary/aromatic N) is 2. The predicted octanol–water partition coefficient (Wildman–Crippen LogP) is 3.47. The molecule has 0 amide bonds. The van der Waals surface area contributed by atoms with E-state index in [1.165, 1.54) is 6.07 Å². The van der Waals surface area contributed by atoms with Crippen LogP contribution in [0.2, 0.25) is 0 Å². The second kappa shape index (κ2) is 13.4. The third-order valence-electron chi connectivity index (χ3n) is 5.11. The molecule has 4 N–H and O–H groups in total. The van der Waals surface area contributed by atoms with Crippen molar-refractivity contribution in [3.63, 3.8) is 0 Å². The summed E-state index contributed by atoms with van der Waals surface area (Å²) in [7, 11) is 6.14. The molecule has 2 aromatic rings. The number of methoxy groups -OCH3 is 1. The van der Waals surface area contributed by atoms with Gasteiger partial charge in [0, 0.05) is 17.8 Å². The molecule has 0 bridgehead atoms. The fourth-order valence-corrected chi connectivity index (χ4v) is 3.60. The summed E-state index contributed by atoms with van der Waals surface area (Å²) in [6.07, 6.45) is 5.39. The molecule has 1 saturated carbocycles. The molecule has 10 heteroatoms. The Kier molecular flexibility index (Phi) is 11.6. The molecule has 0 radical (unpaired) electrons. The molecule has 1 aliphatic carbocycles. The fraction of sp³-hybridized carbons (Fsp3) is 0.409. The van der Waals surface area contributed by atoms with Crippen molar-refractivity contribution in [3.8, 4) is 17.2 Å². The molecule has 2 atom stereocenters. The van der Waals surface area contributed by atoms with E-state index in [4.69, 9.17) is 14.1 Å². The van der Waals surface area contributed by atoms with E-state index < -0.39 is 5.63 Å². The number of phenols is 1. The number of hydrogen-bond donors (Lipinski definition) is 2. The summed E-state index contributed by atoms with van der Waals surface area (Å²) in [4.78, 5) is 21.5. The normalized spacial score (nSPS) is 18.5. The maximum absolute atomic E-state index is 12.2. The zero-order valence-electron chi connectivity index (χ0n) is 18.1. The molecule has 1 aromatic carbocycles. The van der Waals surface area contributed by atoms with E-state index in [1.807, 2.05) is 17.3 Å². The quantitative estimate of drug-likeness (QED) is 0.432. The molecule has 8 nitrogen and oxygen atoms in total. The number of halogens is 1. The third-order valence-corrected chi connectivity index (χ3v) is 5.11. The van der Waals surface area contributed by atoms with Crippen LogP contribution in [0.3, 0.4) is 0 Å². The van der Waals surface area contributed by atoms with Crippen LogP contribution in [0, 0.1) is 6.92 Å². The van der Waals surface area contributed by atoms with Gasteiger partial charge >= 0.3 is 32.6 Å². The first-order chi connectivity index (χ1) is 14.9. The molecule has 1 aromatic heterocycles. The number of aromatic hydroxyl groups is 2. The van der Waals surface area contributed by atoms with Crippen molar-refractivity contribution < 1.29 is 42.2 Å². The number of aliphatic imine (C=N–C) groups is 2. The Bertz CT molecular complexity index is 1010. The van der Waals surface area contributed by atoms with E-state index in [1.54, 1.807) is 45.4 Å². The van der Waals surface area contributed by atoms with Crippen molar-refractivity contribution in [2.75, 3.05) is 7.11 Å². The van der Waals surface area contributed by atoms with Gasteiger partial charge in [-0.25, -0.2) is 4.79 Å². The molecule has 1 heterocycles. The van der Waals surface area contributed by atoms with Gasteiger partial charge in [-0.15, -0.1) is 0 Å². The van der Waals surface area contributed by atoms with Crippen LogP contribution in [0.4, 0.5) is 0 Å². The molecule has 0 unspecified atom stereocenters. The van der Waals surface area contributed by atoms with Gasteiger partial charge in [-0.3, -0.25) is 9.98 Å². The van der Waals surface area contributed by atoms with E-state index in [-0.39, 0.29) is 34.6 Å². The first-order valence-electron chi connectivity index (χ1n) is 9.81. The minimum atomic E-state index is -0.596. The molecule has 177 valence electrons. The maximum atomic E-state index is 12.2.